The fourth-order valence-electron chi connectivity index (χ4n) is 1.88. The minimum atomic E-state index is -0.235. The van der Waals surface area contributed by atoms with Crippen LogP contribution in [0.1, 0.15) is 12.7 Å². The summed E-state index contributed by atoms with van der Waals surface area (Å²) < 4.78 is 12.2. The number of nitrogens with zero attached hydrogens (tertiary/aromatic N) is 1. The standard InChI is InChI=1S/C12H16Br2N2O3/c1-8(12(17)16-2-4-18-5-3-16)15-7-9-6-10(13)11(14)19-9/h6,8,15H,2-5,7H2,1H3. The monoisotopic (exact) mass is 394 g/mol. The molecule has 106 valence electrons. The maximum Gasteiger partial charge on any atom is 0.239 e. The zero-order valence-electron chi connectivity index (χ0n) is 10.6. The van der Waals surface area contributed by atoms with Crippen LogP contribution < -0.4 is 5.32 Å². The minimum Gasteiger partial charge on any atom is -0.452 e. The average molecular weight is 396 g/mol. The van der Waals surface area contributed by atoms with Crippen molar-refractivity contribution in [3.8, 4) is 0 Å². The van der Waals surface area contributed by atoms with Gasteiger partial charge in [-0.3, -0.25) is 10.1 Å². The molecule has 1 saturated heterocycles. The van der Waals surface area contributed by atoms with Crippen molar-refractivity contribution in [3.63, 3.8) is 0 Å². The topological polar surface area (TPSA) is 54.7 Å². The molecule has 1 aliphatic heterocycles. The number of halogens is 2. The van der Waals surface area contributed by atoms with Crippen LogP contribution in [0.2, 0.25) is 0 Å². The summed E-state index contributed by atoms with van der Waals surface area (Å²) in [5.74, 6) is 0.883. The highest BCUT2D eigenvalue weighted by atomic mass is 79.9. The lowest BCUT2D eigenvalue weighted by atomic mass is 10.2. The highest BCUT2D eigenvalue weighted by molar-refractivity contribution is 9.13. The number of carbonyl (C=O) groups is 1. The molecule has 1 aromatic heterocycles. The third-order valence-corrected chi connectivity index (χ3v) is 4.68. The molecular weight excluding hydrogens is 380 g/mol. The van der Waals surface area contributed by atoms with Crippen molar-refractivity contribution >= 4 is 37.8 Å². The quantitative estimate of drug-likeness (QED) is 0.848. The van der Waals surface area contributed by atoms with Gasteiger partial charge in [0.15, 0.2) is 4.67 Å². The second-order valence-corrected chi connectivity index (χ2v) is 5.95. The van der Waals surface area contributed by atoms with Crippen LogP contribution in [0, 0.1) is 0 Å². The Hall–Kier alpha value is -0.370. The first-order valence-electron chi connectivity index (χ1n) is 6.11. The number of ether oxygens (including phenoxy) is 1. The molecule has 0 spiro atoms. The van der Waals surface area contributed by atoms with Crippen LogP contribution in [-0.2, 0) is 16.1 Å². The first-order chi connectivity index (χ1) is 9.08. The van der Waals surface area contributed by atoms with E-state index in [0.29, 0.717) is 37.5 Å². The van der Waals surface area contributed by atoms with Gasteiger partial charge in [0, 0.05) is 13.1 Å². The van der Waals surface area contributed by atoms with E-state index in [1.54, 1.807) is 0 Å². The molecule has 5 nitrogen and oxygen atoms in total. The van der Waals surface area contributed by atoms with Crippen LogP contribution >= 0.6 is 31.9 Å². The lowest BCUT2D eigenvalue weighted by Crippen LogP contribution is -2.49. The van der Waals surface area contributed by atoms with Crippen molar-refractivity contribution in [2.24, 2.45) is 0 Å². The number of hydrogen-bond donors (Lipinski definition) is 1. The van der Waals surface area contributed by atoms with Crippen molar-refractivity contribution < 1.29 is 13.9 Å². The minimum absolute atomic E-state index is 0.105. The van der Waals surface area contributed by atoms with Crippen LogP contribution in [0.25, 0.3) is 0 Å². The number of nitrogens with one attached hydrogen (secondary N) is 1. The Morgan fingerprint density at radius 3 is 2.74 bits per heavy atom. The van der Waals surface area contributed by atoms with E-state index >= 15 is 0 Å². The van der Waals surface area contributed by atoms with Gasteiger partial charge in [0.25, 0.3) is 0 Å². The van der Waals surface area contributed by atoms with Crippen molar-refractivity contribution in [3.05, 3.63) is 21.0 Å². The Labute approximate surface area is 128 Å². The number of morpholine rings is 1. The van der Waals surface area contributed by atoms with Crippen LogP contribution in [-0.4, -0.2) is 43.2 Å². The fraction of sp³-hybridized carbons (Fsp3) is 0.583. The van der Waals surface area contributed by atoms with Gasteiger partial charge in [-0.25, -0.2) is 0 Å². The molecule has 2 rings (SSSR count). The SMILES string of the molecule is CC(NCc1cc(Br)c(Br)o1)C(=O)N1CCOCC1. The summed E-state index contributed by atoms with van der Waals surface area (Å²) in [6.45, 7) is 4.96. The second-order valence-electron chi connectivity index (χ2n) is 4.37. The first-order valence-corrected chi connectivity index (χ1v) is 7.70. The van der Waals surface area contributed by atoms with Gasteiger partial charge >= 0.3 is 0 Å². The van der Waals surface area contributed by atoms with Gasteiger partial charge < -0.3 is 14.1 Å². The molecule has 0 aromatic carbocycles. The van der Waals surface area contributed by atoms with Crippen molar-refractivity contribution in [1.82, 2.24) is 10.2 Å². The van der Waals surface area contributed by atoms with Crippen LogP contribution in [0.3, 0.4) is 0 Å². The van der Waals surface area contributed by atoms with Gasteiger partial charge in [0.2, 0.25) is 5.91 Å². The molecule has 1 fully saturated rings. The Balaban J connectivity index is 1.83. The molecule has 0 bridgehead atoms. The van der Waals surface area contributed by atoms with Gasteiger partial charge in [-0.1, -0.05) is 0 Å². The van der Waals surface area contributed by atoms with E-state index in [9.17, 15) is 4.79 Å². The summed E-state index contributed by atoms with van der Waals surface area (Å²) >= 11 is 6.64. The van der Waals surface area contributed by atoms with Crippen molar-refractivity contribution in [2.45, 2.75) is 19.5 Å². The Morgan fingerprint density at radius 2 is 2.16 bits per heavy atom. The van der Waals surface area contributed by atoms with Crippen LogP contribution in [0.5, 0.6) is 0 Å². The third kappa shape index (κ3) is 4.05. The molecule has 1 aromatic rings. The molecule has 0 aliphatic carbocycles. The molecule has 7 heteroatoms. The van der Waals surface area contributed by atoms with Gasteiger partial charge in [-0.05, 0) is 44.8 Å². The summed E-state index contributed by atoms with van der Waals surface area (Å²) in [4.78, 5) is 14.0. The molecule has 1 atom stereocenters. The zero-order valence-corrected chi connectivity index (χ0v) is 13.8. The van der Waals surface area contributed by atoms with E-state index in [1.165, 1.54) is 0 Å². The lowest BCUT2D eigenvalue weighted by molar-refractivity contribution is -0.137. The summed E-state index contributed by atoms with van der Waals surface area (Å²) in [5.41, 5.74) is 0. The first kappa shape index (κ1) is 15.0. The lowest BCUT2D eigenvalue weighted by Gasteiger charge is -2.29. The molecular formula is C12H16Br2N2O3. The summed E-state index contributed by atoms with van der Waals surface area (Å²) in [7, 11) is 0. The molecule has 0 saturated carbocycles. The largest absolute Gasteiger partial charge is 0.452 e. The molecule has 1 aliphatic rings. The second kappa shape index (κ2) is 6.88. The third-order valence-electron chi connectivity index (χ3n) is 2.97. The highest BCUT2D eigenvalue weighted by Gasteiger charge is 2.22. The number of hydrogen-bond acceptors (Lipinski definition) is 4. The maximum atomic E-state index is 12.2. The van der Waals surface area contributed by atoms with E-state index in [4.69, 9.17) is 9.15 Å². The Kier molecular flexibility index (Phi) is 5.44. The number of furan rings is 1. The van der Waals surface area contributed by atoms with Crippen LogP contribution in [0.4, 0.5) is 0 Å². The molecule has 19 heavy (non-hydrogen) atoms. The van der Waals surface area contributed by atoms with E-state index in [2.05, 4.69) is 37.2 Å². The predicted molar refractivity (Wildman–Crippen MR) is 77.8 cm³/mol. The molecule has 1 amide bonds. The van der Waals surface area contributed by atoms with Gasteiger partial charge in [-0.2, -0.15) is 0 Å². The van der Waals surface area contributed by atoms with Gasteiger partial charge in [0.1, 0.15) is 5.76 Å². The smallest absolute Gasteiger partial charge is 0.239 e. The van der Waals surface area contributed by atoms with Gasteiger partial charge in [-0.15, -0.1) is 0 Å². The summed E-state index contributed by atoms with van der Waals surface area (Å²) in [5, 5.41) is 3.17. The van der Waals surface area contributed by atoms with E-state index in [-0.39, 0.29) is 11.9 Å². The Bertz CT molecular complexity index is 425. The van der Waals surface area contributed by atoms with Crippen LogP contribution in [0.15, 0.2) is 19.6 Å². The molecule has 1 N–H and O–H groups in total. The average Bonchev–Trinajstić information content (AvgIpc) is 2.75. The summed E-state index contributed by atoms with van der Waals surface area (Å²) in [6, 6.07) is 1.64. The van der Waals surface area contributed by atoms with Gasteiger partial charge in [0.05, 0.1) is 30.3 Å². The van der Waals surface area contributed by atoms with E-state index in [0.717, 1.165) is 10.2 Å². The Morgan fingerprint density at radius 1 is 1.47 bits per heavy atom. The summed E-state index contributed by atoms with van der Waals surface area (Å²) in [6.07, 6.45) is 0. The van der Waals surface area contributed by atoms with Crippen molar-refractivity contribution in [1.29, 1.82) is 0 Å². The normalized spacial score (nSPS) is 17.5. The van der Waals surface area contributed by atoms with Crippen molar-refractivity contribution in [2.75, 3.05) is 26.3 Å². The van der Waals surface area contributed by atoms with E-state index in [1.807, 2.05) is 17.9 Å². The fourth-order valence-corrected chi connectivity index (χ4v) is 2.54. The van der Waals surface area contributed by atoms with E-state index < -0.39 is 0 Å². The molecule has 1 unspecified atom stereocenters. The molecule has 0 radical (unpaired) electrons. The zero-order chi connectivity index (χ0) is 13.8. The molecule has 2 heterocycles. The highest BCUT2D eigenvalue weighted by Crippen LogP contribution is 2.26. The number of amides is 1. The number of carbonyl (C=O) groups excluding carboxylic acids is 1. The maximum absolute atomic E-state index is 12.2. The predicted octanol–water partition coefficient (Wildman–Crippen LogP) is 2.14. The number of rotatable bonds is 4.